The molecule has 4 heteroatoms. The van der Waals surface area contributed by atoms with Gasteiger partial charge in [-0.25, -0.2) is 0 Å². The summed E-state index contributed by atoms with van der Waals surface area (Å²) in [5.74, 6) is 0.198. The number of carbonyl (C=O) groups excluding carboxylic acids is 1. The molecule has 1 heterocycles. The minimum absolute atomic E-state index is 0.198. The third-order valence-electron chi connectivity index (χ3n) is 1.64. The lowest BCUT2D eigenvalue weighted by atomic mass is 10.2. The van der Waals surface area contributed by atoms with E-state index < -0.39 is 0 Å². The third-order valence-corrected chi connectivity index (χ3v) is 1.64. The van der Waals surface area contributed by atoms with Crippen molar-refractivity contribution in [1.82, 2.24) is 14.7 Å². The Kier molecular flexibility index (Phi) is 3.19. The van der Waals surface area contributed by atoms with Crippen LogP contribution in [0.3, 0.4) is 0 Å². The van der Waals surface area contributed by atoms with Gasteiger partial charge in [0, 0.05) is 13.2 Å². The quantitative estimate of drug-likeness (QED) is 0.661. The van der Waals surface area contributed by atoms with Gasteiger partial charge < -0.3 is 4.90 Å². The van der Waals surface area contributed by atoms with Crippen LogP contribution in [0.4, 0.5) is 0 Å². The van der Waals surface area contributed by atoms with Crippen molar-refractivity contribution >= 4 is 5.78 Å². The first kappa shape index (κ1) is 9.92. The number of likely N-dealkylation sites (N-methyl/N-ethyl adjacent to an activating group) is 1. The predicted octanol–water partition coefficient (Wildman–Crippen LogP) is 0.0933. The van der Waals surface area contributed by atoms with Crippen molar-refractivity contribution in [3.63, 3.8) is 0 Å². The molecule has 0 amide bonds. The molecular weight excluding hydrogens is 166 g/mol. The van der Waals surface area contributed by atoms with Crippen LogP contribution in [-0.2, 0) is 18.3 Å². The van der Waals surface area contributed by atoms with Crippen LogP contribution in [0, 0.1) is 0 Å². The lowest BCUT2D eigenvalue weighted by molar-refractivity contribution is -0.119. The maximum absolute atomic E-state index is 11.3. The van der Waals surface area contributed by atoms with Gasteiger partial charge >= 0.3 is 0 Å². The molecule has 0 radical (unpaired) electrons. The number of Topliss-reactive ketones (excluding diaryl/α,β-unsaturated/α-hetero) is 1. The molecule has 0 fully saturated rings. The van der Waals surface area contributed by atoms with Crippen LogP contribution in [0.5, 0.6) is 0 Å². The maximum Gasteiger partial charge on any atom is 0.152 e. The van der Waals surface area contributed by atoms with Gasteiger partial charge in [-0.05, 0) is 20.2 Å². The fourth-order valence-electron chi connectivity index (χ4n) is 1.17. The second kappa shape index (κ2) is 4.18. The van der Waals surface area contributed by atoms with E-state index in [1.807, 2.05) is 38.3 Å². The number of rotatable bonds is 4. The Bertz CT molecular complexity index is 291. The van der Waals surface area contributed by atoms with Crippen molar-refractivity contribution < 1.29 is 4.79 Å². The Hall–Kier alpha value is -1.16. The van der Waals surface area contributed by atoms with E-state index in [2.05, 4.69) is 5.10 Å². The fraction of sp³-hybridized carbons (Fsp3) is 0.556. The second-order valence-corrected chi connectivity index (χ2v) is 3.43. The van der Waals surface area contributed by atoms with Gasteiger partial charge in [0.05, 0.1) is 18.7 Å². The first-order valence-electron chi connectivity index (χ1n) is 4.23. The summed E-state index contributed by atoms with van der Waals surface area (Å²) in [7, 11) is 5.62. The smallest absolute Gasteiger partial charge is 0.152 e. The van der Waals surface area contributed by atoms with Crippen LogP contribution >= 0.6 is 0 Å². The number of aryl methyl sites for hydroxylation is 1. The molecule has 0 unspecified atom stereocenters. The van der Waals surface area contributed by atoms with Gasteiger partial charge in [-0.2, -0.15) is 5.10 Å². The molecule has 1 rings (SSSR count). The molecule has 1 aromatic rings. The lowest BCUT2D eigenvalue weighted by Gasteiger charge is -2.06. The van der Waals surface area contributed by atoms with Gasteiger partial charge in [-0.15, -0.1) is 0 Å². The summed E-state index contributed by atoms with van der Waals surface area (Å²) >= 11 is 0. The second-order valence-electron chi connectivity index (χ2n) is 3.43. The standard InChI is InChI=1S/C9H15N3O/c1-11(2)7-9(13)6-8-4-5-12(3)10-8/h4-5H,6-7H2,1-3H3. The third kappa shape index (κ3) is 3.38. The normalized spacial score (nSPS) is 10.8. The summed E-state index contributed by atoms with van der Waals surface area (Å²) in [5, 5.41) is 4.14. The topological polar surface area (TPSA) is 38.1 Å². The summed E-state index contributed by atoms with van der Waals surface area (Å²) in [5.41, 5.74) is 0.842. The molecule has 0 saturated carbocycles. The van der Waals surface area contributed by atoms with Gasteiger partial charge in [0.2, 0.25) is 0 Å². The fourth-order valence-corrected chi connectivity index (χ4v) is 1.17. The van der Waals surface area contributed by atoms with Crippen molar-refractivity contribution in [1.29, 1.82) is 0 Å². The Balaban J connectivity index is 2.45. The number of aromatic nitrogens is 2. The van der Waals surface area contributed by atoms with Crippen LogP contribution in [0.1, 0.15) is 5.69 Å². The molecule has 0 aromatic carbocycles. The minimum Gasteiger partial charge on any atom is -0.302 e. The number of nitrogens with zero attached hydrogens (tertiary/aromatic N) is 3. The highest BCUT2D eigenvalue weighted by Gasteiger charge is 2.06. The van der Waals surface area contributed by atoms with Gasteiger partial charge in [-0.1, -0.05) is 0 Å². The Morgan fingerprint density at radius 1 is 1.62 bits per heavy atom. The number of hydrogen-bond donors (Lipinski definition) is 0. The molecule has 0 atom stereocenters. The first-order valence-corrected chi connectivity index (χ1v) is 4.23. The van der Waals surface area contributed by atoms with Gasteiger partial charge in [0.1, 0.15) is 0 Å². The zero-order valence-electron chi connectivity index (χ0n) is 8.32. The molecule has 13 heavy (non-hydrogen) atoms. The molecule has 0 saturated heterocycles. The zero-order valence-corrected chi connectivity index (χ0v) is 8.32. The number of carbonyl (C=O) groups is 1. The van der Waals surface area contributed by atoms with Crippen molar-refractivity contribution in [3.8, 4) is 0 Å². The Morgan fingerprint density at radius 3 is 2.77 bits per heavy atom. The minimum atomic E-state index is 0.198. The molecule has 0 aliphatic rings. The zero-order chi connectivity index (χ0) is 9.84. The van der Waals surface area contributed by atoms with Crippen LogP contribution in [0.25, 0.3) is 0 Å². The molecule has 0 bridgehead atoms. The molecule has 4 nitrogen and oxygen atoms in total. The predicted molar refractivity (Wildman–Crippen MR) is 50.5 cm³/mol. The molecule has 0 aliphatic heterocycles. The summed E-state index contributed by atoms with van der Waals surface area (Å²) in [6.45, 7) is 0.483. The Morgan fingerprint density at radius 2 is 2.31 bits per heavy atom. The van der Waals surface area contributed by atoms with E-state index in [-0.39, 0.29) is 5.78 Å². The van der Waals surface area contributed by atoms with E-state index in [1.165, 1.54) is 0 Å². The van der Waals surface area contributed by atoms with E-state index in [4.69, 9.17) is 0 Å². The van der Waals surface area contributed by atoms with Crippen LogP contribution in [0.2, 0.25) is 0 Å². The molecular formula is C9H15N3O. The van der Waals surface area contributed by atoms with Gasteiger partial charge in [0.15, 0.2) is 5.78 Å². The molecule has 1 aromatic heterocycles. The highest BCUT2D eigenvalue weighted by molar-refractivity contribution is 5.82. The van der Waals surface area contributed by atoms with E-state index in [0.29, 0.717) is 13.0 Å². The maximum atomic E-state index is 11.3. The lowest BCUT2D eigenvalue weighted by Crippen LogP contribution is -2.23. The summed E-state index contributed by atoms with van der Waals surface area (Å²) in [4.78, 5) is 13.2. The molecule has 0 aliphatic carbocycles. The largest absolute Gasteiger partial charge is 0.302 e. The van der Waals surface area contributed by atoms with E-state index in [9.17, 15) is 4.79 Å². The summed E-state index contributed by atoms with van der Waals surface area (Å²) < 4.78 is 1.71. The first-order chi connectivity index (χ1) is 6.08. The molecule has 0 spiro atoms. The van der Waals surface area contributed by atoms with E-state index >= 15 is 0 Å². The number of hydrogen-bond acceptors (Lipinski definition) is 3. The summed E-state index contributed by atoms with van der Waals surface area (Å²) in [6, 6.07) is 1.87. The summed E-state index contributed by atoms with van der Waals surface area (Å²) in [6.07, 6.45) is 2.28. The van der Waals surface area contributed by atoms with E-state index in [0.717, 1.165) is 5.69 Å². The highest BCUT2D eigenvalue weighted by Crippen LogP contribution is 1.96. The average molecular weight is 181 g/mol. The average Bonchev–Trinajstić information content (AvgIpc) is 2.33. The highest BCUT2D eigenvalue weighted by atomic mass is 16.1. The van der Waals surface area contributed by atoms with Crippen molar-refractivity contribution in [2.45, 2.75) is 6.42 Å². The SMILES string of the molecule is CN(C)CC(=O)Cc1ccn(C)n1. The monoisotopic (exact) mass is 181 g/mol. The van der Waals surface area contributed by atoms with E-state index in [1.54, 1.807) is 4.68 Å². The molecule has 72 valence electrons. The molecule has 0 N–H and O–H groups in total. The van der Waals surface area contributed by atoms with Crippen LogP contribution in [-0.4, -0.2) is 41.1 Å². The Labute approximate surface area is 78.1 Å². The van der Waals surface area contributed by atoms with Crippen molar-refractivity contribution in [2.75, 3.05) is 20.6 Å². The van der Waals surface area contributed by atoms with Gasteiger partial charge in [-0.3, -0.25) is 9.48 Å². The van der Waals surface area contributed by atoms with Gasteiger partial charge in [0.25, 0.3) is 0 Å². The van der Waals surface area contributed by atoms with Crippen molar-refractivity contribution in [2.24, 2.45) is 7.05 Å². The van der Waals surface area contributed by atoms with Crippen LogP contribution < -0.4 is 0 Å². The van der Waals surface area contributed by atoms with Crippen LogP contribution in [0.15, 0.2) is 12.3 Å². The number of ketones is 1. The van der Waals surface area contributed by atoms with Crippen molar-refractivity contribution in [3.05, 3.63) is 18.0 Å².